The number of rotatable bonds is 5. The number of hydrogen-bond acceptors (Lipinski definition) is 4. The summed E-state index contributed by atoms with van der Waals surface area (Å²) in [5, 5.41) is 13.5. The number of H-pyrrole nitrogens is 1. The van der Waals surface area contributed by atoms with E-state index >= 15 is 0 Å². The number of amides is 1. The predicted molar refractivity (Wildman–Crippen MR) is 115 cm³/mol. The van der Waals surface area contributed by atoms with E-state index in [4.69, 9.17) is 23.2 Å². The lowest BCUT2D eigenvalue weighted by atomic mass is 10.1. The fraction of sp³-hybridized carbons (Fsp3) is 0.0500. The lowest BCUT2D eigenvalue weighted by molar-refractivity contribution is -0.113. The molecule has 2 N–H and O–H groups in total. The third-order valence-electron chi connectivity index (χ3n) is 4.05. The summed E-state index contributed by atoms with van der Waals surface area (Å²) in [5.41, 5.74) is 1.48. The number of hydrogen-bond donors (Lipinski definition) is 2. The van der Waals surface area contributed by atoms with Gasteiger partial charge in [0, 0.05) is 21.7 Å². The summed E-state index contributed by atoms with van der Waals surface area (Å²) >= 11 is 13.4. The lowest BCUT2D eigenvalue weighted by Gasteiger charge is -2.08. The fourth-order valence-corrected chi connectivity index (χ4v) is 3.86. The normalized spacial score (nSPS) is 10.9. The molecule has 5 nitrogen and oxygen atoms in total. The van der Waals surface area contributed by atoms with Gasteiger partial charge in [-0.3, -0.25) is 9.89 Å². The number of nitrogens with one attached hydrogen (secondary N) is 2. The van der Waals surface area contributed by atoms with E-state index in [-0.39, 0.29) is 11.7 Å². The monoisotopic (exact) mass is 428 g/mol. The quantitative estimate of drug-likeness (QED) is 0.402. The van der Waals surface area contributed by atoms with E-state index in [0.717, 1.165) is 16.5 Å². The average Bonchev–Trinajstić information content (AvgIpc) is 3.15. The third kappa shape index (κ3) is 4.14. The molecule has 1 heterocycles. The minimum absolute atomic E-state index is 0.128. The van der Waals surface area contributed by atoms with Crippen molar-refractivity contribution in [3.05, 3.63) is 70.7 Å². The Bertz CT molecular complexity index is 1160. The molecule has 0 saturated heterocycles. The number of aromatic amines is 1. The van der Waals surface area contributed by atoms with Gasteiger partial charge in [0.25, 0.3) is 0 Å². The number of nitrogens with zero attached hydrogens (tertiary/aromatic N) is 2. The van der Waals surface area contributed by atoms with Gasteiger partial charge in [0.15, 0.2) is 5.82 Å². The van der Waals surface area contributed by atoms with Gasteiger partial charge in [-0.1, -0.05) is 71.4 Å². The first-order chi connectivity index (χ1) is 13.6. The number of fused-ring (bicyclic) bond motifs is 1. The summed E-state index contributed by atoms with van der Waals surface area (Å²) in [7, 11) is 0. The van der Waals surface area contributed by atoms with Crippen LogP contribution in [0.3, 0.4) is 0 Å². The van der Waals surface area contributed by atoms with Gasteiger partial charge in [0.05, 0.1) is 10.8 Å². The molecule has 8 heteroatoms. The molecule has 0 spiro atoms. The standard InChI is InChI=1S/C20H14Cl2N4OS/c21-13-8-9-15(16(22)10-13)19-24-20(26-25-19)28-11-18(27)23-17-7-3-5-12-4-1-2-6-14(12)17/h1-10H,11H2,(H,23,27)(H,24,25,26). The lowest BCUT2D eigenvalue weighted by Crippen LogP contribution is -2.14. The maximum Gasteiger partial charge on any atom is 0.234 e. The molecule has 0 unspecified atom stereocenters. The number of carbonyl (C=O) groups excluding carboxylic acids is 1. The Morgan fingerprint density at radius 3 is 2.75 bits per heavy atom. The van der Waals surface area contributed by atoms with Crippen molar-refractivity contribution in [2.75, 3.05) is 11.1 Å². The highest BCUT2D eigenvalue weighted by Crippen LogP contribution is 2.29. The molecule has 0 aliphatic rings. The smallest absolute Gasteiger partial charge is 0.234 e. The van der Waals surface area contributed by atoms with Gasteiger partial charge >= 0.3 is 0 Å². The van der Waals surface area contributed by atoms with E-state index in [1.807, 2.05) is 42.5 Å². The van der Waals surface area contributed by atoms with Crippen LogP contribution < -0.4 is 5.32 Å². The summed E-state index contributed by atoms with van der Waals surface area (Å²) in [6.45, 7) is 0. The van der Waals surface area contributed by atoms with Crippen LogP contribution in [0.5, 0.6) is 0 Å². The van der Waals surface area contributed by atoms with Gasteiger partial charge in [-0.25, -0.2) is 4.98 Å². The van der Waals surface area contributed by atoms with Crippen molar-refractivity contribution in [1.82, 2.24) is 15.2 Å². The molecule has 0 aliphatic heterocycles. The largest absolute Gasteiger partial charge is 0.325 e. The highest BCUT2D eigenvalue weighted by atomic mass is 35.5. The molecule has 0 atom stereocenters. The number of anilines is 1. The van der Waals surface area contributed by atoms with E-state index in [1.165, 1.54) is 11.8 Å². The summed E-state index contributed by atoms with van der Waals surface area (Å²) in [5.74, 6) is 0.588. The third-order valence-corrected chi connectivity index (χ3v) is 5.44. The molecule has 0 saturated carbocycles. The highest BCUT2D eigenvalue weighted by molar-refractivity contribution is 7.99. The second-order valence-corrected chi connectivity index (χ2v) is 7.74. The van der Waals surface area contributed by atoms with E-state index < -0.39 is 0 Å². The van der Waals surface area contributed by atoms with Crippen LogP contribution in [0.15, 0.2) is 65.8 Å². The first-order valence-corrected chi connectivity index (χ1v) is 10.1. The SMILES string of the molecule is O=C(CSc1n[nH]c(-c2ccc(Cl)cc2Cl)n1)Nc1cccc2ccccc12. The zero-order chi connectivity index (χ0) is 19.5. The number of halogens is 2. The molecular formula is C20H14Cl2N4OS. The van der Waals surface area contributed by atoms with Crippen molar-refractivity contribution in [1.29, 1.82) is 0 Å². The predicted octanol–water partition coefficient (Wildman–Crippen LogP) is 5.66. The molecule has 1 aromatic heterocycles. The minimum Gasteiger partial charge on any atom is -0.325 e. The van der Waals surface area contributed by atoms with Crippen LogP contribution in [0.2, 0.25) is 10.0 Å². The van der Waals surface area contributed by atoms with Gasteiger partial charge in [-0.15, -0.1) is 5.10 Å². The number of carbonyl (C=O) groups is 1. The Morgan fingerprint density at radius 1 is 1.07 bits per heavy atom. The van der Waals surface area contributed by atoms with E-state index in [9.17, 15) is 4.79 Å². The van der Waals surface area contributed by atoms with E-state index in [0.29, 0.717) is 26.6 Å². The van der Waals surface area contributed by atoms with Crippen LogP contribution >= 0.6 is 35.0 Å². The summed E-state index contributed by atoms with van der Waals surface area (Å²) in [4.78, 5) is 16.8. The molecule has 4 aromatic rings. The van der Waals surface area contributed by atoms with Crippen molar-refractivity contribution in [3.8, 4) is 11.4 Å². The molecule has 1 amide bonds. The van der Waals surface area contributed by atoms with E-state index in [1.54, 1.807) is 18.2 Å². The van der Waals surface area contributed by atoms with E-state index in [2.05, 4.69) is 20.5 Å². The van der Waals surface area contributed by atoms with Crippen molar-refractivity contribution < 1.29 is 4.79 Å². The second-order valence-electron chi connectivity index (χ2n) is 5.95. The maximum atomic E-state index is 12.4. The first-order valence-electron chi connectivity index (χ1n) is 8.38. The maximum absolute atomic E-state index is 12.4. The summed E-state index contributed by atoms with van der Waals surface area (Å²) in [6.07, 6.45) is 0. The van der Waals surface area contributed by atoms with Gasteiger partial charge in [-0.05, 0) is 29.7 Å². The Balaban J connectivity index is 1.42. The highest BCUT2D eigenvalue weighted by Gasteiger charge is 2.12. The summed E-state index contributed by atoms with van der Waals surface area (Å²) < 4.78 is 0. The van der Waals surface area contributed by atoms with Gasteiger partial charge in [-0.2, -0.15) is 0 Å². The molecule has 140 valence electrons. The van der Waals surface area contributed by atoms with Crippen molar-refractivity contribution >= 4 is 57.3 Å². The molecule has 0 bridgehead atoms. The molecule has 0 radical (unpaired) electrons. The first kappa shape index (κ1) is 18.8. The van der Waals surface area contributed by atoms with Crippen LogP contribution in [0.1, 0.15) is 0 Å². The van der Waals surface area contributed by atoms with Gasteiger partial charge in [0.1, 0.15) is 0 Å². The fourth-order valence-electron chi connectivity index (χ4n) is 2.76. The molecule has 3 aromatic carbocycles. The molecule has 28 heavy (non-hydrogen) atoms. The van der Waals surface area contributed by atoms with Crippen LogP contribution in [-0.2, 0) is 4.79 Å². The average molecular weight is 429 g/mol. The van der Waals surface area contributed by atoms with Crippen LogP contribution in [-0.4, -0.2) is 26.8 Å². The minimum atomic E-state index is -0.128. The van der Waals surface area contributed by atoms with Crippen molar-refractivity contribution in [3.63, 3.8) is 0 Å². The molecular weight excluding hydrogens is 415 g/mol. The van der Waals surface area contributed by atoms with Crippen LogP contribution in [0.4, 0.5) is 5.69 Å². The summed E-state index contributed by atoms with van der Waals surface area (Å²) in [6, 6.07) is 18.9. The molecule has 0 aliphatic carbocycles. The second kappa shape index (κ2) is 8.22. The molecule has 4 rings (SSSR count). The Hall–Kier alpha value is -2.54. The van der Waals surface area contributed by atoms with Crippen LogP contribution in [0.25, 0.3) is 22.2 Å². The Labute approximate surface area is 175 Å². The molecule has 0 fully saturated rings. The van der Waals surface area contributed by atoms with Crippen molar-refractivity contribution in [2.45, 2.75) is 5.16 Å². The number of aromatic nitrogens is 3. The van der Waals surface area contributed by atoms with Gasteiger partial charge in [0.2, 0.25) is 11.1 Å². The topological polar surface area (TPSA) is 70.7 Å². The zero-order valence-electron chi connectivity index (χ0n) is 14.4. The zero-order valence-corrected chi connectivity index (χ0v) is 16.8. The van der Waals surface area contributed by atoms with Gasteiger partial charge < -0.3 is 5.32 Å². The Kier molecular flexibility index (Phi) is 5.52. The van der Waals surface area contributed by atoms with Crippen molar-refractivity contribution in [2.24, 2.45) is 0 Å². The van der Waals surface area contributed by atoms with Crippen LogP contribution in [0, 0.1) is 0 Å². The Morgan fingerprint density at radius 2 is 1.89 bits per heavy atom. The number of thioether (sulfide) groups is 1. The number of benzene rings is 3.